The average molecular weight is 286 g/mol. The molecule has 0 aliphatic heterocycles. The van der Waals surface area contributed by atoms with Crippen molar-refractivity contribution in [2.24, 2.45) is 0 Å². The minimum atomic E-state index is -3.59. The van der Waals surface area contributed by atoms with Crippen LogP contribution in [0.2, 0.25) is 0 Å². The van der Waals surface area contributed by atoms with Crippen LogP contribution in [0.3, 0.4) is 0 Å². The molecule has 0 N–H and O–H groups in total. The van der Waals surface area contributed by atoms with Gasteiger partial charge in [-0.25, -0.2) is 12.4 Å². The number of fused-ring (bicyclic) bond motifs is 1. The molecule has 4 nitrogen and oxygen atoms in total. The van der Waals surface area contributed by atoms with Crippen molar-refractivity contribution >= 4 is 21.1 Å². The van der Waals surface area contributed by atoms with E-state index in [1.54, 1.807) is 48.7 Å². The second kappa shape index (κ2) is 4.76. The number of aryl methyl sites for hydroxylation is 1. The minimum Gasteiger partial charge on any atom is -0.255 e. The summed E-state index contributed by atoms with van der Waals surface area (Å²) in [6.07, 6.45) is 2.30. The van der Waals surface area contributed by atoms with Crippen LogP contribution >= 0.6 is 0 Å². The van der Waals surface area contributed by atoms with Crippen LogP contribution in [0.4, 0.5) is 0 Å². The second-order valence-electron chi connectivity index (χ2n) is 4.48. The Morgan fingerprint density at radius 1 is 1.10 bits per heavy atom. The zero-order valence-corrected chi connectivity index (χ0v) is 11.8. The van der Waals surface area contributed by atoms with E-state index >= 15 is 0 Å². The Bertz CT molecular complexity index is 852. The fourth-order valence-electron chi connectivity index (χ4n) is 2.29. The molecule has 0 saturated heterocycles. The number of aromatic nitrogens is 2. The molecule has 3 rings (SSSR count). The Labute approximate surface area is 117 Å². The zero-order chi connectivity index (χ0) is 14.2. The molecular weight excluding hydrogens is 272 g/mol. The van der Waals surface area contributed by atoms with E-state index in [4.69, 9.17) is 0 Å². The van der Waals surface area contributed by atoms with Crippen molar-refractivity contribution < 1.29 is 8.42 Å². The van der Waals surface area contributed by atoms with Gasteiger partial charge in [0.15, 0.2) is 0 Å². The molecule has 102 valence electrons. The van der Waals surface area contributed by atoms with Gasteiger partial charge in [-0.3, -0.25) is 4.98 Å². The first kappa shape index (κ1) is 12.9. The molecule has 0 radical (unpaired) electrons. The Hall–Kier alpha value is -2.14. The number of nitrogens with zero attached hydrogens (tertiary/aromatic N) is 2. The average Bonchev–Trinajstić information content (AvgIpc) is 2.87. The first-order valence-corrected chi connectivity index (χ1v) is 7.84. The van der Waals surface area contributed by atoms with E-state index in [9.17, 15) is 8.42 Å². The Balaban J connectivity index is 2.34. The van der Waals surface area contributed by atoms with Crippen LogP contribution in [-0.4, -0.2) is 17.4 Å². The Kier molecular flexibility index (Phi) is 3.06. The van der Waals surface area contributed by atoms with Crippen molar-refractivity contribution in [2.75, 3.05) is 0 Å². The number of pyridine rings is 1. The van der Waals surface area contributed by atoms with Crippen molar-refractivity contribution in [3.05, 3.63) is 60.4 Å². The quantitative estimate of drug-likeness (QED) is 0.744. The molecule has 2 heterocycles. The molecule has 1 aromatic carbocycles. The van der Waals surface area contributed by atoms with Crippen LogP contribution < -0.4 is 0 Å². The number of rotatable bonds is 3. The highest BCUT2D eigenvalue weighted by molar-refractivity contribution is 7.90. The standard InChI is InChI=1S/C15H14N2O2S/c1-2-12-11-14-15(9-6-10-16-14)17(12)20(18,19)13-7-4-3-5-8-13/h3-11H,2H2,1H3. The summed E-state index contributed by atoms with van der Waals surface area (Å²) >= 11 is 0. The van der Waals surface area contributed by atoms with Crippen molar-refractivity contribution in [3.63, 3.8) is 0 Å². The molecule has 3 aromatic rings. The van der Waals surface area contributed by atoms with Crippen molar-refractivity contribution in [3.8, 4) is 0 Å². The highest BCUT2D eigenvalue weighted by Crippen LogP contribution is 2.24. The second-order valence-corrected chi connectivity index (χ2v) is 6.27. The molecule has 0 bridgehead atoms. The molecule has 0 fully saturated rings. The highest BCUT2D eigenvalue weighted by atomic mass is 32.2. The largest absolute Gasteiger partial charge is 0.268 e. The van der Waals surface area contributed by atoms with Crippen LogP contribution in [0.1, 0.15) is 12.6 Å². The lowest BCUT2D eigenvalue weighted by molar-refractivity contribution is 0.587. The normalized spacial score (nSPS) is 11.8. The zero-order valence-electron chi connectivity index (χ0n) is 11.0. The van der Waals surface area contributed by atoms with Crippen LogP contribution in [0.15, 0.2) is 59.6 Å². The van der Waals surface area contributed by atoms with Gasteiger partial charge in [-0.15, -0.1) is 0 Å². The molecule has 0 amide bonds. The third-order valence-corrected chi connectivity index (χ3v) is 5.02. The van der Waals surface area contributed by atoms with Crippen LogP contribution in [0.25, 0.3) is 11.0 Å². The summed E-state index contributed by atoms with van der Waals surface area (Å²) in [6.45, 7) is 1.94. The summed E-state index contributed by atoms with van der Waals surface area (Å²) in [5.74, 6) is 0. The summed E-state index contributed by atoms with van der Waals surface area (Å²) in [5.41, 5.74) is 2.06. The molecule has 0 spiro atoms. The topological polar surface area (TPSA) is 52.0 Å². The molecule has 2 aromatic heterocycles. The lowest BCUT2D eigenvalue weighted by atomic mass is 10.3. The fourth-order valence-corrected chi connectivity index (χ4v) is 3.91. The maximum Gasteiger partial charge on any atom is 0.268 e. The minimum absolute atomic E-state index is 0.288. The molecule has 0 aliphatic rings. The predicted octanol–water partition coefficient (Wildman–Crippen LogP) is 2.84. The van der Waals surface area contributed by atoms with Crippen molar-refractivity contribution in [1.29, 1.82) is 0 Å². The van der Waals surface area contributed by atoms with E-state index in [1.807, 2.05) is 13.0 Å². The van der Waals surface area contributed by atoms with Crippen LogP contribution in [0.5, 0.6) is 0 Å². The summed E-state index contributed by atoms with van der Waals surface area (Å²) in [6, 6.07) is 13.8. The summed E-state index contributed by atoms with van der Waals surface area (Å²) in [5, 5.41) is 0. The monoisotopic (exact) mass is 286 g/mol. The SMILES string of the molecule is CCc1cc2ncccc2n1S(=O)(=O)c1ccccc1. The van der Waals surface area contributed by atoms with Gasteiger partial charge in [0.1, 0.15) is 0 Å². The predicted molar refractivity (Wildman–Crippen MR) is 78.1 cm³/mol. The Morgan fingerprint density at radius 2 is 1.85 bits per heavy atom. The van der Waals surface area contributed by atoms with Gasteiger partial charge in [0.2, 0.25) is 0 Å². The van der Waals surface area contributed by atoms with Gasteiger partial charge in [0.05, 0.1) is 15.9 Å². The van der Waals surface area contributed by atoms with Crippen molar-refractivity contribution in [2.45, 2.75) is 18.2 Å². The number of hydrogen-bond acceptors (Lipinski definition) is 3. The molecule has 0 unspecified atom stereocenters. The maximum atomic E-state index is 12.8. The molecular formula is C15H14N2O2S. The lowest BCUT2D eigenvalue weighted by Gasteiger charge is -2.10. The molecule has 20 heavy (non-hydrogen) atoms. The summed E-state index contributed by atoms with van der Waals surface area (Å²) in [4.78, 5) is 4.52. The fraction of sp³-hybridized carbons (Fsp3) is 0.133. The van der Waals surface area contributed by atoms with Gasteiger partial charge in [0, 0.05) is 11.9 Å². The molecule has 0 atom stereocenters. The molecule has 0 saturated carbocycles. The van der Waals surface area contributed by atoms with Crippen LogP contribution in [0, 0.1) is 0 Å². The first-order valence-electron chi connectivity index (χ1n) is 6.40. The van der Waals surface area contributed by atoms with E-state index in [0.717, 1.165) is 5.69 Å². The third-order valence-electron chi connectivity index (χ3n) is 3.24. The lowest BCUT2D eigenvalue weighted by Crippen LogP contribution is -2.15. The van der Waals surface area contributed by atoms with Gasteiger partial charge in [-0.1, -0.05) is 25.1 Å². The van der Waals surface area contributed by atoms with E-state index in [0.29, 0.717) is 17.5 Å². The van der Waals surface area contributed by atoms with E-state index < -0.39 is 10.0 Å². The third kappa shape index (κ3) is 1.91. The van der Waals surface area contributed by atoms with Gasteiger partial charge < -0.3 is 0 Å². The van der Waals surface area contributed by atoms with Gasteiger partial charge >= 0.3 is 0 Å². The number of benzene rings is 1. The van der Waals surface area contributed by atoms with E-state index in [2.05, 4.69) is 4.98 Å². The maximum absolute atomic E-state index is 12.8. The van der Waals surface area contributed by atoms with Gasteiger partial charge in [-0.05, 0) is 36.8 Å². The van der Waals surface area contributed by atoms with E-state index in [-0.39, 0.29) is 4.90 Å². The highest BCUT2D eigenvalue weighted by Gasteiger charge is 2.22. The van der Waals surface area contributed by atoms with Gasteiger partial charge in [-0.2, -0.15) is 0 Å². The molecule has 0 aliphatic carbocycles. The van der Waals surface area contributed by atoms with Crippen LogP contribution in [-0.2, 0) is 16.4 Å². The summed E-state index contributed by atoms with van der Waals surface area (Å²) in [7, 11) is -3.59. The van der Waals surface area contributed by atoms with E-state index in [1.165, 1.54) is 3.97 Å². The van der Waals surface area contributed by atoms with Crippen molar-refractivity contribution in [1.82, 2.24) is 8.96 Å². The molecule has 5 heteroatoms. The van der Waals surface area contributed by atoms with Gasteiger partial charge in [0.25, 0.3) is 10.0 Å². The smallest absolute Gasteiger partial charge is 0.255 e. The summed E-state index contributed by atoms with van der Waals surface area (Å²) < 4.78 is 27.0. The Morgan fingerprint density at radius 3 is 2.55 bits per heavy atom. The first-order chi connectivity index (χ1) is 9.64. The number of hydrogen-bond donors (Lipinski definition) is 0.